The molecule has 2 heterocycles. The molecule has 0 saturated carbocycles. The fourth-order valence-corrected chi connectivity index (χ4v) is 4.21. The van der Waals surface area contributed by atoms with Crippen LogP contribution in [-0.2, 0) is 11.3 Å². The van der Waals surface area contributed by atoms with E-state index < -0.39 is 5.97 Å². The third kappa shape index (κ3) is 3.75. The van der Waals surface area contributed by atoms with E-state index in [2.05, 4.69) is 16.7 Å². The molecule has 0 spiro atoms. The van der Waals surface area contributed by atoms with Gasteiger partial charge in [0.05, 0.1) is 22.9 Å². The predicted molar refractivity (Wildman–Crippen MR) is 109 cm³/mol. The van der Waals surface area contributed by atoms with Crippen LogP contribution in [-0.4, -0.2) is 36.8 Å². The van der Waals surface area contributed by atoms with Gasteiger partial charge in [-0.15, -0.1) is 0 Å². The summed E-state index contributed by atoms with van der Waals surface area (Å²) in [6.45, 7) is 3.85. The number of esters is 1. The van der Waals surface area contributed by atoms with E-state index >= 15 is 0 Å². The molecule has 1 aliphatic heterocycles. The van der Waals surface area contributed by atoms with E-state index in [-0.39, 0.29) is 5.91 Å². The average Bonchev–Trinajstić information content (AvgIpc) is 3.07. The molecular formula is C21H20N2O5S. The first-order chi connectivity index (χ1) is 14.1. The van der Waals surface area contributed by atoms with Crippen LogP contribution in [0.3, 0.4) is 0 Å². The summed E-state index contributed by atoms with van der Waals surface area (Å²) in [4.78, 5) is 29.2. The minimum Gasteiger partial charge on any atom is -0.486 e. The third-order valence-corrected chi connectivity index (χ3v) is 5.59. The largest absolute Gasteiger partial charge is 0.486 e. The Balaban J connectivity index is 1.75. The van der Waals surface area contributed by atoms with Gasteiger partial charge in [0.2, 0.25) is 0 Å². The molecule has 0 unspecified atom stereocenters. The van der Waals surface area contributed by atoms with E-state index in [1.165, 1.54) is 18.4 Å². The predicted octanol–water partition coefficient (Wildman–Crippen LogP) is 3.41. The van der Waals surface area contributed by atoms with Crippen LogP contribution in [0.25, 0.3) is 10.2 Å². The zero-order valence-electron chi connectivity index (χ0n) is 16.1. The normalized spacial score (nSPS) is 13.5. The second-order valence-corrected chi connectivity index (χ2v) is 7.49. The standard InChI is InChI=1S/C21H20N2O5S/c1-3-8-23-15-11-16-17(28-10-9-27-16)12-18(15)29-21(23)22-19(24)13-4-6-14(7-5-13)20(25)26-2/h4-7,11-12H,3,8-10H2,1-2H3. The van der Waals surface area contributed by atoms with Crippen molar-refractivity contribution < 1.29 is 23.8 Å². The number of nitrogens with zero attached hydrogens (tertiary/aromatic N) is 2. The number of amides is 1. The monoisotopic (exact) mass is 412 g/mol. The number of methoxy groups -OCH3 is 1. The molecule has 0 saturated heterocycles. The van der Waals surface area contributed by atoms with E-state index in [1.807, 2.05) is 16.7 Å². The number of hydrogen-bond acceptors (Lipinski definition) is 6. The minimum atomic E-state index is -0.445. The van der Waals surface area contributed by atoms with E-state index in [4.69, 9.17) is 9.47 Å². The molecule has 0 atom stereocenters. The lowest BCUT2D eigenvalue weighted by molar-refractivity contribution is 0.0600. The summed E-state index contributed by atoms with van der Waals surface area (Å²) in [6.07, 6.45) is 0.898. The van der Waals surface area contributed by atoms with Gasteiger partial charge in [0.15, 0.2) is 16.3 Å². The zero-order chi connectivity index (χ0) is 20.4. The summed E-state index contributed by atoms with van der Waals surface area (Å²) in [5.41, 5.74) is 1.76. The van der Waals surface area contributed by atoms with Crippen molar-refractivity contribution in [2.24, 2.45) is 4.99 Å². The number of carbonyl (C=O) groups is 2. The highest BCUT2D eigenvalue weighted by molar-refractivity contribution is 7.16. The Bertz CT molecular complexity index is 1140. The van der Waals surface area contributed by atoms with Crippen LogP contribution in [0.15, 0.2) is 41.4 Å². The van der Waals surface area contributed by atoms with Crippen molar-refractivity contribution in [2.75, 3.05) is 20.3 Å². The quantitative estimate of drug-likeness (QED) is 0.614. The van der Waals surface area contributed by atoms with Gasteiger partial charge in [0.25, 0.3) is 5.91 Å². The smallest absolute Gasteiger partial charge is 0.337 e. The summed E-state index contributed by atoms with van der Waals surface area (Å²) in [7, 11) is 1.32. The van der Waals surface area contributed by atoms with Crippen LogP contribution in [0.2, 0.25) is 0 Å². The minimum absolute atomic E-state index is 0.366. The van der Waals surface area contributed by atoms with Crippen LogP contribution < -0.4 is 14.3 Å². The number of fused-ring (bicyclic) bond motifs is 2. The van der Waals surface area contributed by atoms with E-state index in [1.54, 1.807) is 24.3 Å². The van der Waals surface area contributed by atoms with Crippen LogP contribution in [0.4, 0.5) is 0 Å². The van der Waals surface area contributed by atoms with E-state index in [0.717, 1.165) is 23.2 Å². The molecule has 1 aromatic heterocycles. The number of thiazole rings is 1. The van der Waals surface area contributed by atoms with Gasteiger partial charge in [-0.3, -0.25) is 4.79 Å². The number of benzene rings is 2. The average molecular weight is 412 g/mol. The van der Waals surface area contributed by atoms with Crippen molar-refractivity contribution in [3.8, 4) is 11.5 Å². The molecule has 7 nitrogen and oxygen atoms in total. The summed E-state index contributed by atoms with van der Waals surface area (Å²) in [6, 6.07) is 10.2. The molecule has 0 radical (unpaired) electrons. The highest BCUT2D eigenvalue weighted by Gasteiger charge is 2.17. The first-order valence-electron chi connectivity index (χ1n) is 9.31. The molecule has 0 aliphatic carbocycles. The second kappa shape index (κ2) is 8.08. The zero-order valence-corrected chi connectivity index (χ0v) is 17.0. The van der Waals surface area contributed by atoms with Crippen molar-refractivity contribution in [2.45, 2.75) is 19.9 Å². The van der Waals surface area contributed by atoms with E-state index in [0.29, 0.717) is 40.6 Å². The lowest BCUT2D eigenvalue weighted by atomic mass is 10.1. The topological polar surface area (TPSA) is 79.1 Å². The number of hydrogen-bond donors (Lipinski definition) is 0. The Hall–Kier alpha value is -3.13. The Morgan fingerprint density at radius 2 is 1.76 bits per heavy atom. The third-order valence-electron chi connectivity index (χ3n) is 4.54. The van der Waals surface area contributed by atoms with Crippen LogP contribution in [0.1, 0.15) is 34.1 Å². The first kappa shape index (κ1) is 19.2. The summed E-state index contributed by atoms with van der Waals surface area (Å²) >= 11 is 1.44. The molecule has 1 aliphatic rings. The summed E-state index contributed by atoms with van der Waals surface area (Å²) in [5.74, 6) is 0.613. The Morgan fingerprint density at radius 3 is 2.41 bits per heavy atom. The molecule has 3 aromatic rings. The number of aromatic nitrogens is 1. The van der Waals surface area contributed by atoms with Crippen molar-refractivity contribution in [3.63, 3.8) is 0 Å². The SMILES string of the molecule is CCCn1c(=NC(=O)c2ccc(C(=O)OC)cc2)sc2cc3c(cc21)OCCO3. The Kier molecular flexibility index (Phi) is 5.35. The molecule has 150 valence electrons. The Labute approximate surface area is 171 Å². The van der Waals surface area contributed by atoms with Gasteiger partial charge in [-0.1, -0.05) is 18.3 Å². The molecule has 1 amide bonds. The highest BCUT2D eigenvalue weighted by Crippen LogP contribution is 2.35. The molecule has 29 heavy (non-hydrogen) atoms. The first-order valence-corrected chi connectivity index (χ1v) is 10.1. The molecule has 0 N–H and O–H groups in total. The van der Waals surface area contributed by atoms with Crippen LogP contribution in [0, 0.1) is 0 Å². The maximum absolute atomic E-state index is 12.7. The second-order valence-electron chi connectivity index (χ2n) is 6.49. The van der Waals surface area contributed by atoms with Gasteiger partial charge >= 0.3 is 5.97 Å². The van der Waals surface area contributed by atoms with Gasteiger partial charge in [0.1, 0.15) is 13.2 Å². The highest BCUT2D eigenvalue weighted by atomic mass is 32.1. The molecule has 2 aromatic carbocycles. The fraction of sp³-hybridized carbons (Fsp3) is 0.286. The summed E-state index contributed by atoms with van der Waals surface area (Å²) in [5, 5.41) is 0. The van der Waals surface area contributed by atoms with Crippen molar-refractivity contribution >= 4 is 33.4 Å². The molecule has 8 heteroatoms. The van der Waals surface area contributed by atoms with Crippen LogP contribution in [0.5, 0.6) is 11.5 Å². The Morgan fingerprint density at radius 1 is 1.10 bits per heavy atom. The lowest BCUT2D eigenvalue weighted by Crippen LogP contribution is -2.17. The molecule has 0 bridgehead atoms. The molecule has 0 fully saturated rings. The van der Waals surface area contributed by atoms with Crippen molar-refractivity contribution in [3.05, 3.63) is 52.3 Å². The van der Waals surface area contributed by atoms with Crippen LogP contribution >= 0.6 is 11.3 Å². The number of carbonyl (C=O) groups excluding carboxylic acids is 2. The van der Waals surface area contributed by atoms with E-state index in [9.17, 15) is 9.59 Å². The van der Waals surface area contributed by atoms with Gasteiger partial charge in [-0.2, -0.15) is 4.99 Å². The summed E-state index contributed by atoms with van der Waals surface area (Å²) < 4.78 is 19.1. The fourth-order valence-electron chi connectivity index (χ4n) is 3.15. The number of aryl methyl sites for hydroxylation is 1. The number of ether oxygens (including phenoxy) is 3. The van der Waals surface area contributed by atoms with Gasteiger partial charge in [0, 0.05) is 24.2 Å². The van der Waals surface area contributed by atoms with Gasteiger partial charge < -0.3 is 18.8 Å². The molecule has 4 rings (SSSR count). The van der Waals surface area contributed by atoms with Crippen molar-refractivity contribution in [1.82, 2.24) is 4.57 Å². The van der Waals surface area contributed by atoms with Crippen molar-refractivity contribution in [1.29, 1.82) is 0 Å². The van der Waals surface area contributed by atoms with Gasteiger partial charge in [-0.05, 0) is 30.7 Å². The number of rotatable bonds is 4. The molecular weight excluding hydrogens is 392 g/mol. The lowest BCUT2D eigenvalue weighted by Gasteiger charge is -2.18. The maximum Gasteiger partial charge on any atom is 0.337 e. The van der Waals surface area contributed by atoms with Gasteiger partial charge in [-0.25, -0.2) is 4.79 Å². The maximum atomic E-state index is 12.7.